The van der Waals surface area contributed by atoms with Crippen molar-refractivity contribution >= 4 is 5.91 Å². The summed E-state index contributed by atoms with van der Waals surface area (Å²) < 4.78 is 42.1. The molecule has 0 atom stereocenters. The van der Waals surface area contributed by atoms with Gasteiger partial charge < -0.3 is 10.2 Å². The number of carbonyl (C=O) groups excluding carboxylic acids is 1. The van der Waals surface area contributed by atoms with Crippen LogP contribution in [0, 0.1) is 0 Å². The Bertz CT molecular complexity index is 1060. The molecule has 0 aliphatic heterocycles. The number of carbonyl (C=O) groups is 1. The summed E-state index contributed by atoms with van der Waals surface area (Å²) in [6.45, 7) is 0. The van der Waals surface area contributed by atoms with Crippen LogP contribution in [-0.4, -0.2) is 15.9 Å². The van der Waals surface area contributed by atoms with E-state index in [9.17, 15) is 18.0 Å². The van der Waals surface area contributed by atoms with Crippen molar-refractivity contribution in [3.63, 3.8) is 0 Å². The van der Waals surface area contributed by atoms with Gasteiger partial charge in [0, 0.05) is 35.4 Å². The molecule has 0 spiro atoms. The third-order valence-corrected chi connectivity index (χ3v) is 5.34. The number of fused-ring (bicyclic) bond motifs is 1. The van der Waals surface area contributed by atoms with Gasteiger partial charge in [0.1, 0.15) is 5.76 Å². The maximum atomic E-state index is 12.1. The molecule has 0 saturated heterocycles. The van der Waals surface area contributed by atoms with E-state index in [0.717, 1.165) is 48.3 Å². The topological polar surface area (TPSA) is 82.0 Å². The number of amides is 1. The molecule has 2 aliphatic rings. The van der Waals surface area contributed by atoms with E-state index >= 15 is 0 Å². The first-order valence-electron chi connectivity index (χ1n) is 10.2. The third kappa shape index (κ3) is 5.13. The van der Waals surface area contributed by atoms with Crippen LogP contribution >= 0.6 is 0 Å². The van der Waals surface area contributed by atoms with Crippen molar-refractivity contribution in [2.75, 3.05) is 0 Å². The zero-order chi connectivity index (χ0) is 22.0. The molecule has 2 aliphatic carbocycles. The number of hydrogen-bond donors (Lipinski definition) is 1. The molecule has 0 radical (unpaired) electrons. The SMILES string of the molecule is NC(=O)c1cccc(C(F)(F)F)c1.c1cc(-c2nc3c(o2)CCCC3)cc(C2CC2)n1. The molecule has 2 N–H and O–H groups in total. The first-order chi connectivity index (χ1) is 14.8. The molecule has 1 aromatic carbocycles. The summed E-state index contributed by atoms with van der Waals surface area (Å²) in [4.78, 5) is 19.6. The van der Waals surface area contributed by atoms with Crippen LogP contribution in [-0.2, 0) is 19.0 Å². The molecule has 0 bridgehead atoms. The lowest BCUT2D eigenvalue weighted by Gasteiger charge is -2.06. The maximum absolute atomic E-state index is 12.1. The quantitative estimate of drug-likeness (QED) is 0.613. The molecule has 3 aromatic rings. The minimum Gasteiger partial charge on any atom is -0.441 e. The van der Waals surface area contributed by atoms with Crippen molar-refractivity contribution in [3.8, 4) is 11.5 Å². The number of pyridine rings is 1. The van der Waals surface area contributed by atoms with Crippen molar-refractivity contribution in [3.05, 3.63) is 70.9 Å². The number of nitrogens with zero attached hydrogens (tertiary/aromatic N) is 2. The Labute approximate surface area is 177 Å². The van der Waals surface area contributed by atoms with E-state index in [2.05, 4.69) is 16.0 Å². The highest BCUT2D eigenvalue weighted by Crippen LogP contribution is 2.40. The molecular formula is C23H22F3N3O2. The Hall–Kier alpha value is -3.16. The lowest BCUT2D eigenvalue weighted by molar-refractivity contribution is -0.137. The first kappa shape index (κ1) is 21.1. The third-order valence-electron chi connectivity index (χ3n) is 5.34. The predicted molar refractivity (Wildman–Crippen MR) is 108 cm³/mol. The van der Waals surface area contributed by atoms with Crippen LogP contribution in [0.15, 0.2) is 47.0 Å². The van der Waals surface area contributed by atoms with E-state index in [-0.39, 0.29) is 5.56 Å². The van der Waals surface area contributed by atoms with E-state index in [1.54, 1.807) is 0 Å². The van der Waals surface area contributed by atoms with Crippen molar-refractivity contribution in [1.82, 2.24) is 9.97 Å². The second kappa shape index (κ2) is 8.53. The van der Waals surface area contributed by atoms with Crippen LogP contribution in [0.1, 0.15) is 64.7 Å². The monoisotopic (exact) mass is 429 g/mol. The average molecular weight is 429 g/mol. The summed E-state index contributed by atoms with van der Waals surface area (Å²) in [7, 11) is 0. The number of aryl methyl sites for hydroxylation is 2. The Balaban J connectivity index is 0.000000159. The van der Waals surface area contributed by atoms with Crippen LogP contribution in [0.2, 0.25) is 0 Å². The number of primary amides is 1. The molecule has 1 fully saturated rings. The standard InChI is InChI=1S/C15H16N2O.C8H6F3NO/c1-2-4-14-12(3-1)17-15(18-14)11-7-8-16-13(9-11)10-5-6-10;9-8(10,11)6-3-1-2-5(4-6)7(12)13/h7-10H,1-6H2;1-4H,(H2,12,13). The lowest BCUT2D eigenvalue weighted by atomic mass is 10.0. The zero-order valence-electron chi connectivity index (χ0n) is 16.8. The molecule has 162 valence electrons. The summed E-state index contributed by atoms with van der Waals surface area (Å²) in [5, 5.41) is 0. The van der Waals surface area contributed by atoms with Crippen LogP contribution in [0.25, 0.3) is 11.5 Å². The molecule has 5 rings (SSSR count). The number of rotatable bonds is 3. The molecule has 1 saturated carbocycles. The van der Waals surface area contributed by atoms with Gasteiger partial charge >= 0.3 is 6.18 Å². The van der Waals surface area contributed by atoms with E-state index in [0.29, 0.717) is 5.92 Å². The van der Waals surface area contributed by atoms with Crippen LogP contribution in [0.4, 0.5) is 13.2 Å². The Morgan fingerprint density at radius 3 is 2.55 bits per heavy atom. The largest absolute Gasteiger partial charge is 0.441 e. The zero-order valence-corrected chi connectivity index (χ0v) is 16.8. The van der Waals surface area contributed by atoms with Crippen molar-refractivity contribution in [2.24, 2.45) is 5.73 Å². The van der Waals surface area contributed by atoms with Gasteiger partial charge in [-0.3, -0.25) is 9.78 Å². The highest BCUT2D eigenvalue weighted by atomic mass is 19.4. The highest BCUT2D eigenvalue weighted by Gasteiger charge is 2.30. The van der Waals surface area contributed by atoms with E-state index in [1.807, 2.05) is 12.3 Å². The summed E-state index contributed by atoms with van der Waals surface area (Å²) in [5.41, 5.74) is 7.25. The van der Waals surface area contributed by atoms with E-state index in [4.69, 9.17) is 10.2 Å². The molecule has 5 nitrogen and oxygen atoms in total. The Kier molecular flexibility index (Phi) is 5.80. The molecule has 1 amide bonds. The molecular weight excluding hydrogens is 407 g/mol. The number of oxazole rings is 1. The summed E-state index contributed by atoms with van der Waals surface area (Å²) in [6.07, 6.45) is 4.57. The number of nitrogens with two attached hydrogens (primary N) is 1. The van der Waals surface area contributed by atoms with Gasteiger partial charge in [0.2, 0.25) is 11.8 Å². The number of aromatic nitrogens is 2. The lowest BCUT2D eigenvalue weighted by Crippen LogP contribution is -2.13. The average Bonchev–Trinajstić information content (AvgIpc) is 3.52. The second-order valence-corrected chi connectivity index (χ2v) is 7.78. The number of alkyl halides is 3. The minimum absolute atomic E-state index is 0.144. The van der Waals surface area contributed by atoms with E-state index < -0.39 is 17.6 Å². The molecule has 0 unspecified atom stereocenters. The number of hydrogen-bond acceptors (Lipinski definition) is 4. The summed E-state index contributed by atoms with van der Waals surface area (Å²) >= 11 is 0. The van der Waals surface area contributed by atoms with E-state index in [1.165, 1.54) is 43.1 Å². The van der Waals surface area contributed by atoms with Gasteiger partial charge in [0.25, 0.3) is 0 Å². The first-order valence-corrected chi connectivity index (χ1v) is 10.2. The fourth-order valence-corrected chi connectivity index (χ4v) is 3.51. The van der Waals surface area contributed by atoms with Gasteiger partial charge in [0.05, 0.1) is 11.3 Å². The molecule has 2 aromatic heterocycles. The van der Waals surface area contributed by atoms with Crippen LogP contribution in [0.3, 0.4) is 0 Å². The number of halogens is 3. The van der Waals surface area contributed by atoms with Crippen LogP contribution in [0.5, 0.6) is 0 Å². The van der Waals surface area contributed by atoms with Crippen molar-refractivity contribution in [2.45, 2.75) is 50.6 Å². The fraction of sp³-hybridized carbons (Fsp3) is 0.348. The van der Waals surface area contributed by atoms with Crippen molar-refractivity contribution < 1.29 is 22.4 Å². The molecule has 2 heterocycles. The van der Waals surface area contributed by atoms with Gasteiger partial charge in [-0.25, -0.2) is 4.98 Å². The van der Waals surface area contributed by atoms with Gasteiger partial charge in [-0.05, 0) is 62.4 Å². The summed E-state index contributed by atoms with van der Waals surface area (Å²) in [6, 6.07) is 8.13. The Morgan fingerprint density at radius 2 is 1.87 bits per heavy atom. The number of benzene rings is 1. The van der Waals surface area contributed by atoms with Gasteiger partial charge in [-0.2, -0.15) is 13.2 Å². The molecule has 31 heavy (non-hydrogen) atoms. The fourth-order valence-electron chi connectivity index (χ4n) is 3.51. The second-order valence-electron chi connectivity index (χ2n) is 7.78. The van der Waals surface area contributed by atoms with Gasteiger partial charge in [-0.1, -0.05) is 6.07 Å². The molecule has 8 heteroatoms. The van der Waals surface area contributed by atoms with Crippen LogP contribution < -0.4 is 5.73 Å². The Morgan fingerprint density at radius 1 is 1.10 bits per heavy atom. The van der Waals surface area contributed by atoms with Gasteiger partial charge in [0.15, 0.2) is 0 Å². The summed E-state index contributed by atoms with van der Waals surface area (Å²) in [5.74, 6) is 1.69. The predicted octanol–water partition coefficient (Wildman–Crippen LogP) is 5.30. The normalized spacial score (nSPS) is 15.6. The van der Waals surface area contributed by atoms with Gasteiger partial charge in [-0.15, -0.1) is 0 Å². The van der Waals surface area contributed by atoms with Crippen molar-refractivity contribution in [1.29, 1.82) is 0 Å². The maximum Gasteiger partial charge on any atom is 0.416 e. The minimum atomic E-state index is -4.44. The smallest absolute Gasteiger partial charge is 0.416 e. The highest BCUT2D eigenvalue weighted by molar-refractivity contribution is 5.92.